The molecule has 1 amide bonds. The van der Waals surface area contributed by atoms with Crippen molar-refractivity contribution in [3.63, 3.8) is 0 Å². The number of carbonyl (C=O) groups is 1. The number of alkyl carbamates (subject to hydrolysis) is 1. The van der Waals surface area contributed by atoms with E-state index in [1.807, 2.05) is 0 Å². The molecule has 1 saturated heterocycles. The van der Waals surface area contributed by atoms with E-state index in [-0.39, 0.29) is 17.4 Å². The molecule has 0 spiro atoms. The zero-order valence-corrected chi connectivity index (χ0v) is 10.8. The van der Waals surface area contributed by atoms with E-state index in [4.69, 9.17) is 4.74 Å². The molecule has 16 heavy (non-hydrogen) atoms. The fraction of sp³-hybridized carbons (Fsp3) is 0.900. The van der Waals surface area contributed by atoms with E-state index in [9.17, 15) is 13.2 Å². The Morgan fingerprint density at radius 2 is 1.94 bits per heavy atom. The minimum Gasteiger partial charge on any atom is -0.444 e. The van der Waals surface area contributed by atoms with Crippen molar-refractivity contribution in [2.45, 2.75) is 32.8 Å². The van der Waals surface area contributed by atoms with Gasteiger partial charge in [0.1, 0.15) is 5.60 Å². The summed E-state index contributed by atoms with van der Waals surface area (Å²) in [6, 6.07) is 0. The molecule has 0 atom stereocenters. The number of rotatable bonds is 3. The first-order valence-corrected chi connectivity index (χ1v) is 7.17. The third-order valence-corrected chi connectivity index (χ3v) is 4.16. The van der Waals surface area contributed by atoms with Crippen LogP contribution in [0.25, 0.3) is 0 Å². The summed E-state index contributed by atoms with van der Waals surface area (Å²) in [6.07, 6.45) is 0.244. The van der Waals surface area contributed by atoms with Crippen LogP contribution in [-0.2, 0) is 14.6 Å². The van der Waals surface area contributed by atoms with Gasteiger partial charge in [0, 0.05) is 6.54 Å². The number of carbonyl (C=O) groups excluding carboxylic acids is 1. The van der Waals surface area contributed by atoms with Gasteiger partial charge in [-0.3, -0.25) is 0 Å². The van der Waals surface area contributed by atoms with E-state index in [2.05, 4.69) is 5.32 Å². The predicted octanol–water partition coefficient (Wildman–Crippen LogP) is 0.946. The van der Waals surface area contributed by atoms with Crippen LogP contribution in [0.15, 0.2) is 0 Å². The summed E-state index contributed by atoms with van der Waals surface area (Å²) in [5, 5.41) is 2.61. The first-order valence-electron chi connectivity index (χ1n) is 5.35. The van der Waals surface area contributed by atoms with E-state index in [1.165, 1.54) is 0 Å². The highest BCUT2D eigenvalue weighted by Crippen LogP contribution is 2.20. The van der Waals surface area contributed by atoms with Crippen LogP contribution in [0.1, 0.15) is 27.2 Å². The van der Waals surface area contributed by atoms with E-state index in [0.29, 0.717) is 13.0 Å². The van der Waals surface area contributed by atoms with Gasteiger partial charge < -0.3 is 10.1 Å². The SMILES string of the molecule is CC(C)(C)OC(=O)NCCC1CS(=O)(=O)C1. The molecule has 0 aromatic rings. The van der Waals surface area contributed by atoms with E-state index in [1.54, 1.807) is 20.8 Å². The number of hydrogen-bond donors (Lipinski definition) is 1. The van der Waals surface area contributed by atoms with Gasteiger partial charge in [0.05, 0.1) is 11.5 Å². The molecular weight excluding hydrogens is 230 g/mol. The number of amides is 1. The fourth-order valence-electron chi connectivity index (χ4n) is 1.53. The number of sulfone groups is 1. The monoisotopic (exact) mass is 249 g/mol. The molecule has 5 nitrogen and oxygen atoms in total. The Labute approximate surface area is 96.5 Å². The molecule has 0 aromatic carbocycles. The first kappa shape index (κ1) is 13.3. The maximum atomic E-state index is 11.2. The Hall–Kier alpha value is -0.780. The average molecular weight is 249 g/mol. The second-order valence-corrected chi connectivity index (χ2v) is 7.31. The molecule has 0 radical (unpaired) electrons. The van der Waals surface area contributed by atoms with Crippen LogP contribution in [0.2, 0.25) is 0 Å². The van der Waals surface area contributed by atoms with Crippen molar-refractivity contribution in [2.75, 3.05) is 18.1 Å². The molecule has 0 aromatic heterocycles. The molecule has 1 heterocycles. The number of hydrogen-bond acceptors (Lipinski definition) is 4. The molecule has 1 rings (SSSR count). The van der Waals surface area contributed by atoms with Crippen LogP contribution in [0, 0.1) is 5.92 Å². The summed E-state index contributed by atoms with van der Waals surface area (Å²) >= 11 is 0. The van der Waals surface area contributed by atoms with E-state index < -0.39 is 21.5 Å². The van der Waals surface area contributed by atoms with Crippen molar-refractivity contribution in [2.24, 2.45) is 5.92 Å². The van der Waals surface area contributed by atoms with Gasteiger partial charge in [0.2, 0.25) is 0 Å². The van der Waals surface area contributed by atoms with Crippen LogP contribution < -0.4 is 5.32 Å². The predicted molar refractivity (Wildman–Crippen MR) is 61.0 cm³/mol. The lowest BCUT2D eigenvalue weighted by molar-refractivity contribution is 0.0525. The van der Waals surface area contributed by atoms with Gasteiger partial charge in [-0.2, -0.15) is 0 Å². The Kier molecular flexibility index (Phi) is 3.83. The van der Waals surface area contributed by atoms with Crippen LogP contribution in [-0.4, -0.2) is 38.2 Å². The zero-order valence-electron chi connectivity index (χ0n) is 9.95. The number of ether oxygens (including phenoxy) is 1. The molecule has 0 aliphatic carbocycles. The highest BCUT2D eigenvalue weighted by atomic mass is 32.2. The molecular formula is C10H19NO4S. The fourth-order valence-corrected chi connectivity index (χ4v) is 3.20. The van der Waals surface area contributed by atoms with Gasteiger partial charge in [-0.15, -0.1) is 0 Å². The molecule has 0 unspecified atom stereocenters. The molecule has 1 aliphatic rings. The second kappa shape index (κ2) is 4.61. The summed E-state index contributed by atoms with van der Waals surface area (Å²) in [7, 11) is -2.75. The highest BCUT2D eigenvalue weighted by molar-refractivity contribution is 7.92. The minimum atomic E-state index is -2.75. The smallest absolute Gasteiger partial charge is 0.407 e. The topological polar surface area (TPSA) is 72.5 Å². The van der Waals surface area contributed by atoms with Gasteiger partial charge in [-0.05, 0) is 33.1 Å². The lowest BCUT2D eigenvalue weighted by Crippen LogP contribution is -2.39. The molecule has 0 saturated carbocycles. The van der Waals surface area contributed by atoms with Crippen LogP contribution in [0.4, 0.5) is 4.79 Å². The van der Waals surface area contributed by atoms with Gasteiger partial charge in [0.25, 0.3) is 0 Å². The maximum Gasteiger partial charge on any atom is 0.407 e. The van der Waals surface area contributed by atoms with Crippen LogP contribution >= 0.6 is 0 Å². The Morgan fingerprint density at radius 1 is 1.38 bits per heavy atom. The van der Waals surface area contributed by atoms with Crippen molar-refractivity contribution in [3.8, 4) is 0 Å². The summed E-state index contributed by atoms with van der Waals surface area (Å²) < 4.78 is 26.8. The summed E-state index contributed by atoms with van der Waals surface area (Å²) in [5.41, 5.74) is -0.496. The van der Waals surface area contributed by atoms with E-state index in [0.717, 1.165) is 0 Å². The standard InChI is InChI=1S/C10H19NO4S/c1-10(2,3)15-9(12)11-5-4-8-6-16(13,14)7-8/h8H,4-7H2,1-3H3,(H,11,12). The quantitative estimate of drug-likeness (QED) is 0.808. The summed E-state index contributed by atoms with van der Waals surface area (Å²) in [6.45, 7) is 5.86. The van der Waals surface area contributed by atoms with Crippen molar-refractivity contribution >= 4 is 15.9 Å². The molecule has 1 fully saturated rings. The summed E-state index contributed by atoms with van der Waals surface area (Å²) in [4.78, 5) is 11.2. The largest absolute Gasteiger partial charge is 0.444 e. The van der Waals surface area contributed by atoms with E-state index >= 15 is 0 Å². The average Bonchev–Trinajstić information content (AvgIpc) is 1.96. The Bertz CT molecular complexity index is 344. The first-order chi connectivity index (χ1) is 7.18. The molecule has 1 aliphatic heterocycles. The van der Waals surface area contributed by atoms with Crippen molar-refractivity contribution < 1.29 is 17.9 Å². The lowest BCUT2D eigenvalue weighted by atomic mass is 10.1. The number of nitrogens with one attached hydrogen (secondary N) is 1. The van der Waals surface area contributed by atoms with Crippen molar-refractivity contribution in [1.82, 2.24) is 5.32 Å². The van der Waals surface area contributed by atoms with Crippen LogP contribution in [0.5, 0.6) is 0 Å². The molecule has 94 valence electrons. The normalized spacial score (nSPS) is 19.9. The maximum absolute atomic E-state index is 11.2. The van der Waals surface area contributed by atoms with Gasteiger partial charge >= 0.3 is 6.09 Å². The Morgan fingerprint density at radius 3 is 2.38 bits per heavy atom. The lowest BCUT2D eigenvalue weighted by Gasteiger charge is -2.26. The molecule has 6 heteroatoms. The highest BCUT2D eigenvalue weighted by Gasteiger charge is 2.32. The summed E-state index contributed by atoms with van der Waals surface area (Å²) in [5.74, 6) is 0.700. The molecule has 1 N–H and O–H groups in total. The third kappa shape index (κ3) is 4.83. The zero-order chi connectivity index (χ0) is 12.4. The minimum absolute atomic E-state index is 0.194. The van der Waals surface area contributed by atoms with Crippen molar-refractivity contribution in [1.29, 1.82) is 0 Å². The molecule has 0 bridgehead atoms. The Balaban J connectivity index is 2.10. The van der Waals surface area contributed by atoms with Gasteiger partial charge in [-0.25, -0.2) is 13.2 Å². The second-order valence-electron chi connectivity index (χ2n) is 5.16. The third-order valence-electron chi connectivity index (χ3n) is 2.20. The van der Waals surface area contributed by atoms with Crippen LogP contribution in [0.3, 0.4) is 0 Å². The van der Waals surface area contributed by atoms with Gasteiger partial charge in [-0.1, -0.05) is 0 Å². The van der Waals surface area contributed by atoms with Gasteiger partial charge in [0.15, 0.2) is 9.84 Å². The van der Waals surface area contributed by atoms with Crippen molar-refractivity contribution in [3.05, 3.63) is 0 Å².